The quantitative estimate of drug-likeness (QED) is 0.395. The first kappa shape index (κ1) is 19.9. The number of hydrogen-bond donors (Lipinski definition) is 1. The second kappa shape index (κ2) is 8.05. The highest BCUT2D eigenvalue weighted by atomic mass is 32.2. The summed E-state index contributed by atoms with van der Waals surface area (Å²) in [4.78, 5) is 29.4. The summed E-state index contributed by atoms with van der Waals surface area (Å²) in [7, 11) is 0. The van der Waals surface area contributed by atoms with Crippen molar-refractivity contribution in [2.75, 3.05) is 5.32 Å². The molecular weight excluding hydrogens is 391 g/mol. The number of thioether (sulfide) groups is 1. The Labute approximate surface area is 162 Å². The van der Waals surface area contributed by atoms with Gasteiger partial charge in [0, 0.05) is 6.54 Å². The highest BCUT2D eigenvalue weighted by molar-refractivity contribution is 8.00. The third-order valence-corrected chi connectivity index (χ3v) is 5.18. The van der Waals surface area contributed by atoms with E-state index in [4.69, 9.17) is 0 Å². The van der Waals surface area contributed by atoms with Gasteiger partial charge in [0.15, 0.2) is 22.6 Å². The minimum Gasteiger partial charge on any atom is -0.323 e. The van der Waals surface area contributed by atoms with E-state index in [9.17, 15) is 22.8 Å². The molecule has 1 aromatic heterocycles. The van der Waals surface area contributed by atoms with E-state index in [0.717, 1.165) is 23.9 Å². The van der Waals surface area contributed by atoms with Crippen LogP contribution in [0.25, 0.3) is 10.9 Å². The summed E-state index contributed by atoms with van der Waals surface area (Å²) in [5.41, 5.74) is -0.190. The fraction of sp³-hybridized carbons (Fsp3) is 0.211. The Kier molecular flexibility index (Phi) is 5.73. The molecule has 5 nitrogen and oxygen atoms in total. The van der Waals surface area contributed by atoms with Gasteiger partial charge in [-0.3, -0.25) is 14.2 Å². The number of rotatable bonds is 5. The van der Waals surface area contributed by atoms with Gasteiger partial charge in [0.1, 0.15) is 0 Å². The molecule has 3 rings (SSSR count). The van der Waals surface area contributed by atoms with Gasteiger partial charge in [-0.2, -0.15) is 0 Å². The number of hydrogen-bond acceptors (Lipinski definition) is 4. The minimum atomic E-state index is -1.66. The van der Waals surface area contributed by atoms with Crippen LogP contribution in [0.1, 0.15) is 13.8 Å². The first-order valence-electron chi connectivity index (χ1n) is 8.44. The molecule has 0 fully saturated rings. The number of para-hydroxylation sites is 1. The zero-order valence-corrected chi connectivity index (χ0v) is 15.8. The zero-order chi connectivity index (χ0) is 20.4. The van der Waals surface area contributed by atoms with Crippen LogP contribution >= 0.6 is 11.8 Å². The molecule has 0 aliphatic rings. The average molecular weight is 407 g/mol. The molecule has 3 aromatic rings. The second-order valence-electron chi connectivity index (χ2n) is 5.93. The normalized spacial score (nSPS) is 12.2. The molecule has 1 atom stereocenters. The molecule has 146 valence electrons. The lowest BCUT2D eigenvalue weighted by Gasteiger charge is -2.15. The molecule has 0 aliphatic heterocycles. The van der Waals surface area contributed by atoms with Gasteiger partial charge in [0.25, 0.3) is 5.56 Å². The van der Waals surface area contributed by atoms with Crippen LogP contribution in [0.15, 0.2) is 46.3 Å². The summed E-state index contributed by atoms with van der Waals surface area (Å²) in [6, 6.07) is 8.53. The van der Waals surface area contributed by atoms with Gasteiger partial charge in [-0.05, 0) is 38.1 Å². The van der Waals surface area contributed by atoms with Crippen molar-refractivity contribution in [3.05, 3.63) is 64.2 Å². The number of amides is 1. The van der Waals surface area contributed by atoms with Crippen LogP contribution in [-0.2, 0) is 11.3 Å². The molecule has 2 aromatic carbocycles. The number of benzene rings is 2. The summed E-state index contributed by atoms with van der Waals surface area (Å²) in [5, 5.41) is 2.25. The minimum absolute atomic E-state index is 0.227. The lowest BCUT2D eigenvalue weighted by atomic mass is 10.2. The maximum atomic E-state index is 13.8. The van der Waals surface area contributed by atoms with Crippen LogP contribution in [0.4, 0.5) is 18.9 Å². The van der Waals surface area contributed by atoms with E-state index in [1.165, 1.54) is 4.57 Å². The molecular formula is C19H16F3N3O2S. The topological polar surface area (TPSA) is 64.0 Å². The van der Waals surface area contributed by atoms with Crippen molar-refractivity contribution in [2.24, 2.45) is 0 Å². The van der Waals surface area contributed by atoms with Crippen molar-refractivity contribution < 1.29 is 18.0 Å². The van der Waals surface area contributed by atoms with E-state index in [1.54, 1.807) is 38.1 Å². The third-order valence-electron chi connectivity index (χ3n) is 4.09. The number of carbonyl (C=O) groups excluding carboxylic acids is 1. The lowest BCUT2D eigenvalue weighted by Crippen LogP contribution is -2.27. The smallest absolute Gasteiger partial charge is 0.262 e. The maximum absolute atomic E-state index is 13.8. The van der Waals surface area contributed by atoms with Crippen molar-refractivity contribution in [1.29, 1.82) is 0 Å². The molecule has 0 saturated heterocycles. The van der Waals surface area contributed by atoms with Crippen LogP contribution in [0.2, 0.25) is 0 Å². The number of halogens is 3. The molecule has 28 heavy (non-hydrogen) atoms. The number of fused-ring (bicyclic) bond motifs is 1. The molecule has 0 spiro atoms. The van der Waals surface area contributed by atoms with Crippen molar-refractivity contribution in [3.8, 4) is 0 Å². The number of carbonyl (C=O) groups is 1. The van der Waals surface area contributed by atoms with E-state index in [0.29, 0.717) is 22.6 Å². The predicted molar refractivity (Wildman–Crippen MR) is 102 cm³/mol. The van der Waals surface area contributed by atoms with Gasteiger partial charge in [-0.1, -0.05) is 23.9 Å². The molecule has 0 radical (unpaired) electrons. The highest BCUT2D eigenvalue weighted by Crippen LogP contribution is 2.25. The molecule has 0 unspecified atom stereocenters. The van der Waals surface area contributed by atoms with Crippen LogP contribution in [0, 0.1) is 17.5 Å². The van der Waals surface area contributed by atoms with E-state index in [1.807, 2.05) is 0 Å². The average Bonchev–Trinajstić information content (AvgIpc) is 2.68. The largest absolute Gasteiger partial charge is 0.323 e. The molecule has 9 heteroatoms. The molecule has 1 N–H and O–H groups in total. The third kappa shape index (κ3) is 3.75. The SMILES string of the molecule is CCn1c(S[C@H](C)C(=O)Nc2ccc(F)c(F)c2F)nc2ccccc2c1=O. The van der Waals surface area contributed by atoms with Gasteiger partial charge in [0.05, 0.1) is 21.8 Å². The van der Waals surface area contributed by atoms with Crippen LogP contribution in [-0.4, -0.2) is 20.7 Å². The Balaban J connectivity index is 1.86. The standard InChI is InChI=1S/C19H16F3N3O2S/c1-3-25-18(27)11-6-4-5-7-13(11)24-19(25)28-10(2)17(26)23-14-9-8-12(20)15(21)16(14)22/h4-10H,3H2,1-2H3,(H,23,26)/t10-/m1/s1. The molecule has 0 bridgehead atoms. The summed E-state index contributed by atoms with van der Waals surface area (Å²) in [5.74, 6) is -5.11. The van der Waals surface area contributed by atoms with E-state index >= 15 is 0 Å². The summed E-state index contributed by atoms with van der Waals surface area (Å²) in [6.07, 6.45) is 0. The monoisotopic (exact) mass is 407 g/mol. The number of nitrogens with one attached hydrogen (secondary N) is 1. The summed E-state index contributed by atoms with van der Waals surface area (Å²) in [6.45, 7) is 3.67. The van der Waals surface area contributed by atoms with Crippen molar-refractivity contribution in [2.45, 2.75) is 30.8 Å². The Morgan fingerprint density at radius 1 is 1.18 bits per heavy atom. The second-order valence-corrected chi connectivity index (χ2v) is 7.24. The van der Waals surface area contributed by atoms with E-state index in [2.05, 4.69) is 10.3 Å². The molecule has 1 heterocycles. The van der Waals surface area contributed by atoms with Crippen molar-refractivity contribution in [1.82, 2.24) is 9.55 Å². The van der Waals surface area contributed by atoms with Crippen LogP contribution in [0.5, 0.6) is 0 Å². The first-order valence-corrected chi connectivity index (χ1v) is 9.32. The van der Waals surface area contributed by atoms with Crippen molar-refractivity contribution >= 4 is 34.3 Å². The van der Waals surface area contributed by atoms with Gasteiger partial charge < -0.3 is 5.32 Å². The number of nitrogens with zero attached hydrogens (tertiary/aromatic N) is 2. The fourth-order valence-electron chi connectivity index (χ4n) is 2.58. The first-order chi connectivity index (χ1) is 13.3. The Morgan fingerprint density at radius 3 is 2.61 bits per heavy atom. The number of anilines is 1. The molecule has 0 aliphatic carbocycles. The predicted octanol–water partition coefficient (Wildman–Crippen LogP) is 3.95. The molecule has 1 amide bonds. The van der Waals surface area contributed by atoms with Crippen molar-refractivity contribution in [3.63, 3.8) is 0 Å². The van der Waals surface area contributed by atoms with E-state index in [-0.39, 0.29) is 5.56 Å². The Hall–Kier alpha value is -2.81. The maximum Gasteiger partial charge on any atom is 0.262 e. The lowest BCUT2D eigenvalue weighted by molar-refractivity contribution is -0.115. The summed E-state index contributed by atoms with van der Waals surface area (Å²) >= 11 is 1.01. The zero-order valence-electron chi connectivity index (χ0n) is 15.0. The van der Waals surface area contributed by atoms with Gasteiger partial charge in [0.2, 0.25) is 5.91 Å². The van der Waals surface area contributed by atoms with Crippen LogP contribution in [0.3, 0.4) is 0 Å². The highest BCUT2D eigenvalue weighted by Gasteiger charge is 2.21. The van der Waals surface area contributed by atoms with Gasteiger partial charge >= 0.3 is 0 Å². The fourth-order valence-corrected chi connectivity index (χ4v) is 3.56. The summed E-state index contributed by atoms with van der Waals surface area (Å²) < 4.78 is 41.6. The Morgan fingerprint density at radius 2 is 1.89 bits per heavy atom. The van der Waals surface area contributed by atoms with E-state index < -0.39 is 34.3 Å². The van der Waals surface area contributed by atoms with Gasteiger partial charge in [-0.15, -0.1) is 0 Å². The Bertz CT molecular complexity index is 1120. The van der Waals surface area contributed by atoms with Gasteiger partial charge in [-0.25, -0.2) is 18.2 Å². The molecule has 0 saturated carbocycles. The number of aromatic nitrogens is 2. The van der Waals surface area contributed by atoms with Crippen LogP contribution < -0.4 is 10.9 Å².